The van der Waals surface area contributed by atoms with Crippen LogP contribution in [0.3, 0.4) is 0 Å². The van der Waals surface area contributed by atoms with Crippen LogP contribution in [0.4, 0.5) is 4.39 Å². The number of hydrogen-bond donors (Lipinski definition) is 1. The number of amides is 1. The van der Waals surface area contributed by atoms with Crippen LogP contribution in [0.25, 0.3) is 0 Å². The molecule has 1 amide bonds. The van der Waals surface area contributed by atoms with Gasteiger partial charge in [-0.1, -0.05) is 15.9 Å². The van der Waals surface area contributed by atoms with Crippen molar-refractivity contribution in [3.63, 3.8) is 0 Å². The highest BCUT2D eigenvalue weighted by atomic mass is 79.9. The molecule has 0 atom stereocenters. The van der Waals surface area contributed by atoms with E-state index in [2.05, 4.69) is 21.2 Å². The maximum atomic E-state index is 13.0. The summed E-state index contributed by atoms with van der Waals surface area (Å²) in [7, 11) is 0. The van der Waals surface area contributed by atoms with Gasteiger partial charge in [0, 0.05) is 16.1 Å². The predicted octanol–water partition coefficient (Wildman–Crippen LogP) is 2.88. The molecule has 1 aromatic rings. The highest BCUT2D eigenvalue weighted by Gasteiger charge is 2.14. The first-order valence-electron chi connectivity index (χ1n) is 5.16. The van der Waals surface area contributed by atoms with Crippen LogP contribution in [-0.4, -0.2) is 18.1 Å². The van der Waals surface area contributed by atoms with E-state index < -0.39 is 5.82 Å². The fourth-order valence-corrected chi connectivity index (χ4v) is 1.66. The molecule has 0 unspecified atom stereocenters. The zero-order valence-electron chi connectivity index (χ0n) is 10.0. The molecule has 0 heterocycles. The van der Waals surface area contributed by atoms with Crippen LogP contribution in [0.2, 0.25) is 0 Å². The molecule has 0 saturated heterocycles. The van der Waals surface area contributed by atoms with E-state index in [0.717, 1.165) is 0 Å². The Morgan fingerprint density at radius 3 is 2.59 bits per heavy atom. The first-order chi connectivity index (χ1) is 7.76. The van der Waals surface area contributed by atoms with Crippen molar-refractivity contribution in [3.8, 4) is 5.75 Å². The fourth-order valence-electron chi connectivity index (χ4n) is 1.22. The Morgan fingerprint density at radius 1 is 1.41 bits per heavy atom. The number of benzene rings is 1. The lowest BCUT2D eigenvalue weighted by Gasteiger charge is -2.20. The Bertz CT molecular complexity index is 395. The minimum Gasteiger partial charge on any atom is -0.484 e. The molecule has 0 aliphatic heterocycles. The molecule has 17 heavy (non-hydrogen) atoms. The van der Waals surface area contributed by atoms with Gasteiger partial charge in [0.05, 0.1) is 0 Å². The smallest absolute Gasteiger partial charge is 0.258 e. The first kappa shape index (κ1) is 14.0. The molecule has 1 N–H and O–H groups in total. The molecule has 0 fully saturated rings. The van der Waals surface area contributed by atoms with Crippen molar-refractivity contribution in [2.45, 2.75) is 26.3 Å². The van der Waals surface area contributed by atoms with Gasteiger partial charge in [0.25, 0.3) is 5.91 Å². The van der Waals surface area contributed by atoms with Crippen LogP contribution in [0, 0.1) is 5.82 Å². The van der Waals surface area contributed by atoms with Crippen LogP contribution in [0.15, 0.2) is 22.7 Å². The molecule has 1 rings (SSSR count). The van der Waals surface area contributed by atoms with E-state index in [1.165, 1.54) is 12.1 Å². The minimum atomic E-state index is -0.411. The molecule has 1 aromatic carbocycles. The van der Waals surface area contributed by atoms with Gasteiger partial charge in [-0.2, -0.15) is 0 Å². The Morgan fingerprint density at radius 2 is 2.06 bits per heavy atom. The first-order valence-corrected chi connectivity index (χ1v) is 5.95. The lowest BCUT2D eigenvalue weighted by Crippen LogP contribution is -2.43. The Kier molecular flexibility index (Phi) is 4.51. The van der Waals surface area contributed by atoms with E-state index in [1.807, 2.05) is 20.8 Å². The van der Waals surface area contributed by atoms with Crippen molar-refractivity contribution in [3.05, 3.63) is 28.5 Å². The third-order valence-electron chi connectivity index (χ3n) is 1.72. The molecule has 0 aliphatic rings. The molecule has 94 valence electrons. The molecule has 0 radical (unpaired) electrons. The number of carbonyl (C=O) groups is 1. The van der Waals surface area contributed by atoms with E-state index in [4.69, 9.17) is 4.74 Å². The quantitative estimate of drug-likeness (QED) is 0.932. The average Bonchev–Trinajstić information content (AvgIpc) is 2.10. The van der Waals surface area contributed by atoms with Gasteiger partial charge in [0.1, 0.15) is 11.6 Å². The summed E-state index contributed by atoms with van der Waals surface area (Å²) < 4.78 is 18.8. The molecular formula is C12H15BrFNO2. The molecule has 0 aromatic heterocycles. The van der Waals surface area contributed by atoms with Gasteiger partial charge in [-0.15, -0.1) is 0 Å². The minimum absolute atomic E-state index is 0.132. The zero-order chi connectivity index (χ0) is 13.1. The summed E-state index contributed by atoms with van der Waals surface area (Å²) in [4.78, 5) is 11.5. The number of nitrogens with one attached hydrogen (secondary N) is 1. The Balaban J connectivity index is 2.53. The monoisotopic (exact) mass is 303 g/mol. The summed E-state index contributed by atoms with van der Waals surface area (Å²) in [6.45, 7) is 5.50. The van der Waals surface area contributed by atoms with Crippen molar-refractivity contribution in [2.24, 2.45) is 0 Å². The lowest BCUT2D eigenvalue weighted by molar-refractivity contribution is -0.124. The summed E-state index contributed by atoms with van der Waals surface area (Å²) in [5, 5.41) is 2.75. The molecule has 0 spiro atoms. The Hall–Kier alpha value is -1.10. The van der Waals surface area contributed by atoms with E-state index in [1.54, 1.807) is 6.07 Å². The van der Waals surface area contributed by atoms with Gasteiger partial charge in [0.2, 0.25) is 0 Å². The molecule has 0 aliphatic carbocycles. The lowest BCUT2D eigenvalue weighted by atomic mass is 10.1. The summed E-state index contributed by atoms with van der Waals surface area (Å²) in [6, 6.07) is 4.16. The zero-order valence-corrected chi connectivity index (χ0v) is 11.6. The van der Waals surface area contributed by atoms with E-state index in [0.29, 0.717) is 10.2 Å². The highest BCUT2D eigenvalue weighted by molar-refractivity contribution is 9.10. The second-order valence-corrected chi connectivity index (χ2v) is 5.61. The van der Waals surface area contributed by atoms with Crippen molar-refractivity contribution in [2.75, 3.05) is 6.61 Å². The largest absolute Gasteiger partial charge is 0.484 e. The van der Waals surface area contributed by atoms with Crippen molar-refractivity contribution in [1.82, 2.24) is 5.32 Å². The molecule has 3 nitrogen and oxygen atoms in total. The number of rotatable bonds is 3. The van der Waals surface area contributed by atoms with E-state index in [9.17, 15) is 9.18 Å². The summed E-state index contributed by atoms with van der Waals surface area (Å²) in [5.74, 6) is -0.329. The van der Waals surface area contributed by atoms with Crippen LogP contribution in [0.1, 0.15) is 20.8 Å². The molecule has 5 heteroatoms. The third-order valence-corrected chi connectivity index (χ3v) is 2.18. The Labute approximate surface area is 108 Å². The normalized spacial score (nSPS) is 11.1. The summed E-state index contributed by atoms with van der Waals surface area (Å²) >= 11 is 3.15. The van der Waals surface area contributed by atoms with Gasteiger partial charge in [-0.25, -0.2) is 4.39 Å². The van der Waals surface area contributed by atoms with Gasteiger partial charge in [0.15, 0.2) is 6.61 Å². The summed E-state index contributed by atoms with van der Waals surface area (Å²) in [6.07, 6.45) is 0. The maximum Gasteiger partial charge on any atom is 0.258 e. The maximum absolute atomic E-state index is 13.0. The average molecular weight is 304 g/mol. The van der Waals surface area contributed by atoms with Crippen LogP contribution in [0.5, 0.6) is 5.75 Å². The third kappa shape index (κ3) is 5.68. The highest BCUT2D eigenvalue weighted by Crippen LogP contribution is 2.20. The summed E-state index contributed by atoms with van der Waals surface area (Å²) in [5.41, 5.74) is -0.303. The van der Waals surface area contributed by atoms with Gasteiger partial charge < -0.3 is 10.1 Å². The number of ether oxygens (including phenoxy) is 1. The van der Waals surface area contributed by atoms with E-state index >= 15 is 0 Å². The van der Waals surface area contributed by atoms with Crippen LogP contribution in [-0.2, 0) is 4.79 Å². The van der Waals surface area contributed by atoms with Crippen LogP contribution >= 0.6 is 15.9 Å². The van der Waals surface area contributed by atoms with Crippen molar-refractivity contribution in [1.29, 1.82) is 0 Å². The van der Waals surface area contributed by atoms with Gasteiger partial charge >= 0.3 is 0 Å². The van der Waals surface area contributed by atoms with Gasteiger partial charge in [-0.3, -0.25) is 4.79 Å². The fraction of sp³-hybridized carbons (Fsp3) is 0.417. The van der Waals surface area contributed by atoms with Crippen LogP contribution < -0.4 is 10.1 Å². The number of hydrogen-bond acceptors (Lipinski definition) is 2. The van der Waals surface area contributed by atoms with Crippen molar-refractivity contribution < 1.29 is 13.9 Å². The predicted molar refractivity (Wildman–Crippen MR) is 67.5 cm³/mol. The van der Waals surface area contributed by atoms with Gasteiger partial charge in [-0.05, 0) is 32.9 Å². The van der Waals surface area contributed by atoms with Crippen molar-refractivity contribution >= 4 is 21.8 Å². The number of carbonyl (C=O) groups excluding carboxylic acids is 1. The van der Waals surface area contributed by atoms with E-state index in [-0.39, 0.29) is 18.1 Å². The second-order valence-electron chi connectivity index (χ2n) is 4.69. The topological polar surface area (TPSA) is 38.3 Å². The standard InChI is InChI=1S/C12H15BrFNO2/c1-12(2,3)15-11(16)7-17-10-5-8(13)4-9(14)6-10/h4-6H,7H2,1-3H3,(H,15,16). The molecule has 0 bridgehead atoms. The molecule has 0 saturated carbocycles. The molecular weight excluding hydrogens is 289 g/mol. The SMILES string of the molecule is CC(C)(C)NC(=O)COc1cc(F)cc(Br)c1. The number of halogens is 2. The second kappa shape index (κ2) is 5.49.